The molecule has 5 nitrogen and oxygen atoms in total. The van der Waals surface area contributed by atoms with Gasteiger partial charge in [0.25, 0.3) is 0 Å². The molecule has 0 heterocycles. The van der Waals surface area contributed by atoms with Gasteiger partial charge in [0, 0.05) is 11.8 Å². The normalized spacial score (nSPS) is 13.3. The first kappa shape index (κ1) is 17.9. The van der Waals surface area contributed by atoms with Crippen molar-refractivity contribution < 1.29 is 8.76 Å². The Hall–Kier alpha value is -1.11. The van der Waals surface area contributed by atoms with Crippen LogP contribution in [0.5, 0.6) is 0 Å². The van der Waals surface area contributed by atoms with Gasteiger partial charge in [-0.05, 0) is 31.4 Å². The molecule has 1 unspecified atom stereocenters. The van der Waals surface area contributed by atoms with Crippen molar-refractivity contribution in [3.63, 3.8) is 0 Å². The van der Waals surface area contributed by atoms with E-state index in [-0.39, 0.29) is 3.89 Å². The molecule has 1 aromatic carbocycles. The van der Waals surface area contributed by atoms with Crippen molar-refractivity contribution in [3.8, 4) is 0 Å². The SMILES string of the molecule is CCCC[N+](CCCC)(c1cc(C)c(N)cc1N)S(=O)O. The number of aryl methyl sites for hydroxylation is 1. The largest absolute Gasteiger partial charge is 0.398 e. The molecule has 0 aliphatic rings. The monoisotopic (exact) mass is 314 g/mol. The lowest BCUT2D eigenvalue weighted by molar-refractivity contribution is 0.377. The van der Waals surface area contributed by atoms with E-state index in [1.165, 1.54) is 0 Å². The number of nitrogen functional groups attached to an aromatic ring is 2. The minimum absolute atomic E-state index is 0.00856. The van der Waals surface area contributed by atoms with Gasteiger partial charge in [-0.3, -0.25) is 4.55 Å². The van der Waals surface area contributed by atoms with Gasteiger partial charge < -0.3 is 11.5 Å². The Morgan fingerprint density at radius 2 is 1.62 bits per heavy atom. The summed E-state index contributed by atoms with van der Waals surface area (Å²) >= 11 is -2.02. The smallest absolute Gasteiger partial charge is 0.363 e. The van der Waals surface area contributed by atoms with Gasteiger partial charge in [0.15, 0.2) is 5.69 Å². The van der Waals surface area contributed by atoms with Gasteiger partial charge in [0.1, 0.15) is 0 Å². The van der Waals surface area contributed by atoms with E-state index in [2.05, 4.69) is 13.8 Å². The van der Waals surface area contributed by atoms with Gasteiger partial charge in [-0.25, -0.2) is 0 Å². The van der Waals surface area contributed by atoms with Crippen molar-refractivity contribution in [3.05, 3.63) is 17.7 Å². The number of hydrogen-bond acceptors (Lipinski definition) is 3. The lowest BCUT2D eigenvalue weighted by Crippen LogP contribution is -2.52. The molecule has 0 radical (unpaired) electrons. The topological polar surface area (TPSA) is 89.3 Å². The summed E-state index contributed by atoms with van der Waals surface area (Å²) in [6, 6.07) is 3.56. The maximum Gasteiger partial charge on any atom is 0.363 e. The van der Waals surface area contributed by atoms with Crippen LogP contribution in [-0.2, 0) is 11.3 Å². The van der Waals surface area contributed by atoms with Crippen molar-refractivity contribution in [1.29, 1.82) is 0 Å². The van der Waals surface area contributed by atoms with Crippen LogP contribution in [0, 0.1) is 6.92 Å². The highest BCUT2D eigenvalue weighted by Crippen LogP contribution is 2.35. The van der Waals surface area contributed by atoms with Crippen LogP contribution >= 0.6 is 0 Å². The fraction of sp³-hybridized carbons (Fsp3) is 0.600. The number of anilines is 2. The van der Waals surface area contributed by atoms with E-state index < -0.39 is 11.3 Å². The average molecular weight is 314 g/mol. The van der Waals surface area contributed by atoms with Crippen LogP contribution in [0.4, 0.5) is 17.1 Å². The van der Waals surface area contributed by atoms with Crippen LogP contribution in [0.3, 0.4) is 0 Å². The Bertz CT molecular complexity index is 498. The standard InChI is InChI=1S/C15H27N3O2S/c1-4-6-8-18(21(19)20,9-7-5-2)15-10-12(3)13(16)11-14(15)17/h10-11H,4-9,16-17H2,1-3H3/p+1. The van der Waals surface area contributed by atoms with E-state index in [0.717, 1.165) is 31.2 Å². The summed E-state index contributed by atoms with van der Waals surface area (Å²) in [5.41, 5.74) is 14.7. The summed E-state index contributed by atoms with van der Waals surface area (Å²) in [4.78, 5) is 0. The van der Waals surface area contributed by atoms with Crippen molar-refractivity contribution in [2.24, 2.45) is 0 Å². The first-order valence-corrected chi connectivity index (χ1v) is 8.60. The summed E-state index contributed by atoms with van der Waals surface area (Å²) in [5.74, 6) is 0. The third-order valence-corrected chi connectivity index (χ3v) is 5.06. The third-order valence-electron chi connectivity index (χ3n) is 3.90. The molecule has 0 saturated heterocycles. The van der Waals surface area contributed by atoms with Gasteiger partial charge in [-0.1, -0.05) is 26.7 Å². The Morgan fingerprint density at radius 3 is 2.05 bits per heavy atom. The number of unbranched alkanes of at least 4 members (excludes halogenated alkanes) is 2. The fourth-order valence-electron chi connectivity index (χ4n) is 2.50. The van der Waals surface area contributed by atoms with Crippen LogP contribution in [-0.4, -0.2) is 21.9 Å². The van der Waals surface area contributed by atoms with E-state index in [1.54, 1.807) is 6.07 Å². The molecule has 1 aromatic rings. The molecular weight excluding hydrogens is 286 g/mol. The minimum Gasteiger partial charge on any atom is -0.398 e. The molecular formula is C15H28N3O2S+. The number of rotatable bonds is 8. The molecule has 120 valence electrons. The van der Waals surface area contributed by atoms with E-state index >= 15 is 0 Å². The van der Waals surface area contributed by atoms with E-state index in [1.807, 2.05) is 13.0 Å². The molecule has 6 heteroatoms. The second-order valence-corrected chi connectivity index (χ2v) is 6.70. The Kier molecular flexibility index (Phi) is 6.64. The highest BCUT2D eigenvalue weighted by molar-refractivity contribution is 7.78. The molecule has 0 bridgehead atoms. The second kappa shape index (κ2) is 7.77. The number of benzene rings is 1. The third kappa shape index (κ3) is 3.96. The number of nitrogens with zero attached hydrogens (tertiary/aromatic N) is 1. The molecule has 21 heavy (non-hydrogen) atoms. The van der Waals surface area contributed by atoms with Gasteiger partial charge in [0.2, 0.25) is 0 Å². The summed E-state index contributed by atoms with van der Waals surface area (Å²) in [6.45, 7) is 7.26. The Morgan fingerprint density at radius 1 is 1.10 bits per heavy atom. The van der Waals surface area contributed by atoms with Crippen molar-refractivity contribution in [1.82, 2.24) is 3.89 Å². The molecule has 0 saturated carbocycles. The van der Waals surface area contributed by atoms with E-state index in [4.69, 9.17) is 11.5 Å². The Balaban J connectivity index is 3.39. The van der Waals surface area contributed by atoms with Gasteiger partial charge in [-0.15, -0.1) is 0 Å². The molecule has 0 aliphatic carbocycles. The predicted octanol–water partition coefficient (Wildman–Crippen LogP) is 3.20. The van der Waals surface area contributed by atoms with Crippen LogP contribution in [0.25, 0.3) is 0 Å². The first-order valence-electron chi connectivity index (χ1n) is 7.53. The number of nitrogens with two attached hydrogens (primary N) is 2. The lowest BCUT2D eigenvalue weighted by atomic mass is 10.1. The van der Waals surface area contributed by atoms with Crippen LogP contribution in [0.1, 0.15) is 45.1 Å². The maximum atomic E-state index is 12.2. The van der Waals surface area contributed by atoms with Crippen molar-refractivity contribution >= 4 is 28.3 Å². The highest BCUT2D eigenvalue weighted by Gasteiger charge is 2.38. The fourth-order valence-corrected chi connectivity index (χ4v) is 3.40. The number of hydrogen-bond donors (Lipinski definition) is 3. The summed E-state index contributed by atoms with van der Waals surface area (Å²) in [6.07, 6.45) is 3.69. The van der Waals surface area contributed by atoms with Crippen LogP contribution < -0.4 is 15.4 Å². The quantitative estimate of drug-likeness (QED) is 0.390. The molecule has 0 spiro atoms. The molecule has 1 atom stereocenters. The number of quaternary nitrogens is 1. The van der Waals surface area contributed by atoms with Crippen molar-refractivity contribution in [2.45, 2.75) is 46.5 Å². The second-order valence-electron chi connectivity index (χ2n) is 5.54. The zero-order chi connectivity index (χ0) is 16.0. The Labute approximate surface area is 130 Å². The molecule has 0 aromatic heterocycles. The summed E-state index contributed by atoms with van der Waals surface area (Å²) in [5, 5.41) is 0. The average Bonchev–Trinajstić information content (AvgIpc) is 2.43. The van der Waals surface area contributed by atoms with E-state index in [9.17, 15) is 8.76 Å². The minimum atomic E-state index is -2.02. The van der Waals surface area contributed by atoms with Gasteiger partial charge in [-0.2, -0.15) is 8.10 Å². The summed E-state index contributed by atoms with van der Waals surface area (Å²) < 4.78 is 22.2. The first-order chi connectivity index (χ1) is 9.89. The van der Waals surface area contributed by atoms with E-state index in [0.29, 0.717) is 30.2 Å². The lowest BCUT2D eigenvalue weighted by Gasteiger charge is -2.34. The molecule has 5 N–H and O–H groups in total. The zero-order valence-corrected chi connectivity index (χ0v) is 14.1. The molecule has 0 aliphatic heterocycles. The van der Waals surface area contributed by atoms with Crippen LogP contribution in [0.2, 0.25) is 0 Å². The van der Waals surface area contributed by atoms with Crippen molar-refractivity contribution in [2.75, 3.05) is 24.6 Å². The zero-order valence-electron chi connectivity index (χ0n) is 13.3. The maximum absolute atomic E-state index is 12.2. The predicted molar refractivity (Wildman–Crippen MR) is 92.1 cm³/mol. The molecule has 0 amide bonds. The van der Waals surface area contributed by atoms with Crippen LogP contribution in [0.15, 0.2) is 12.1 Å². The molecule has 1 rings (SSSR count). The van der Waals surface area contributed by atoms with Gasteiger partial charge in [0.05, 0.1) is 18.8 Å². The molecule has 0 fully saturated rings. The highest BCUT2D eigenvalue weighted by atomic mass is 32.2. The summed E-state index contributed by atoms with van der Waals surface area (Å²) in [7, 11) is 0. The van der Waals surface area contributed by atoms with Gasteiger partial charge >= 0.3 is 11.3 Å².